The molecule has 1 fully saturated rings. The van der Waals surface area contributed by atoms with E-state index in [1.165, 1.54) is 35.2 Å². The van der Waals surface area contributed by atoms with Crippen molar-refractivity contribution in [1.82, 2.24) is 5.16 Å². The fraction of sp³-hybridized carbons (Fsp3) is 0.208. The normalized spacial score (nSPS) is 17.9. The summed E-state index contributed by atoms with van der Waals surface area (Å²) in [4.78, 5) is 27.2. The molecule has 1 unspecified atom stereocenters. The first-order chi connectivity index (χ1) is 15.3. The molecule has 7 nitrogen and oxygen atoms in total. The first-order valence-electron chi connectivity index (χ1n) is 10.0. The number of carbonyl (C=O) groups excluding carboxylic acids is 2. The van der Waals surface area contributed by atoms with Crippen LogP contribution in [-0.4, -0.2) is 28.1 Å². The van der Waals surface area contributed by atoms with Gasteiger partial charge in [-0.25, -0.2) is 4.39 Å². The van der Waals surface area contributed by atoms with Crippen LogP contribution in [0.4, 0.5) is 10.2 Å². The topological polar surface area (TPSA) is 92.9 Å². The van der Waals surface area contributed by atoms with Crippen molar-refractivity contribution < 1.29 is 28.3 Å². The van der Waals surface area contributed by atoms with Crippen molar-refractivity contribution in [3.05, 3.63) is 82.9 Å². The number of aryl methyl sites for hydroxylation is 1. The molecule has 1 aliphatic rings. The molecule has 0 saturated carbocycles. The van der Waals surface area contributed by atoms with Crippen LogP contribution in [0.3, 0.4) is 0 Å². The average Bonchev–Trinajstić information content (AvgIpc) is 3.29. The van der Waals surface area contributed by atoms with Gasteiger partial charge in [-0.1, -0.05) is 17.3 Å². The van der Waals surface area contributed by atoms with Crippen molar-refractivity contribution in [2.24, 2.45) is 0 Å². The van der Waals surface area contributed by atoms with Gasteiger partial charge in [0, 0.05) is 11.6 Å². The largest absolute Gasteiger partial charge is 0.507 e. The highest BCUT2D eigenvalue weighted by Crippen LogP contribution is 2.42. The van der Waals surface area contributed by atoms with Gasteiger partial charge in [0.1, 0.15) is 23.1 Å². The predicted molar refractivity (Wildman–Crippen MR) is 115 cm³/mol. The first kappa shape index (κ1) is 21.3. The number of carbonyl (C=O) groups is 2. The van der Waals surface area contributed by atoms with E-state index in [1.54, 1.807) is 31.2 Å². The molecule has 32 heavy (non-hydrogen) atoms. The van der Waals surface area contributed by atoms with Crippen molar-refractivity contribution >= 4 is 23.3 Å². The maximum atomic E-state index is 13.4. The van der Waals surface area contributed by atoms with Crippen LogP contribution in [0, 0.1) is 12.7 Å². The number of aliphatic hydroxyl groups is 1. The molecule has 1 aliphatic heterocycles. The third-order valence-electron chi connectivity index (χ3n) is 4.99. The number of hydrogen-bond acceptors (Lipinski definition) is 6. The monoisotopic (exact) mass is 436 g/mol. The minimum absolute atomic E-state index is 0.0249. The Morgan fingerprint density at radius 1 is 1.12 bits per heavy atom. The van der Waals surface area contributed by atoms with Gasteiger partial charge in [0.15, 0.2) is 5.82 Å². The number of aromatic nitrogens is 1. The number of amides is 1. The van der Waals surface area contributed by atoms with Gasteiger partial charge in [0.2, 0.25) is 0 Å². The summed E-state index contributed by atoms with van der Waals surface area (Å²) in [6, 6.07) is 12.5. The molecule has 3 aromatic rings. The minimum Gasteiger partial charge on any atom is -0.507 e. The molecule has 164 valence electrons. The number of Topliss-reactive ketones (excluding diaryl/α,β-unsaturated/α-hetero) is 1. The molecule has 0 radical (unpaired) electrons. The van der Waals surface area contributed by atoms with Crippen molar-refractivity contribution in [3.8, 4) is 5.75 Å². The highest BCUT2D eigenvalue weighted by molar-refractivity contribution is 6.51. The molecule has 1 saturated heterocycles. The molecule has 1 atom stereocenters. The molecule has 1 N–H and O–H groups in total. The molecule has 0 bridgehead atoms. The fourth-order valence-electron chi connectivity index (χ4n) is 3.62. The SMILES string of the molecule is Cc1cc(N2C(=O)C(=O)/C(=C(/O)c3ccc(F)cc3)C2c2ccc(OC(C)C)cc2)no1. The molecule has 0 aliphatic carbocycles. The Morgan fingerprint density at radius 2 is 1.78 bits per heavy atom. The summed E-state index contributed by atoms with van der Waals surface area (Å²) < 4.78 is 24.1. The van der Waals surface area contributed by atoms with Gasteiger partial charge in [0.25, 0.3) is 5.78 Å². The zero-order valence-electron chi connectivity index (χ0n) is 17.7. The second-order valence-corrected chi connectivity index (χ2v) is 7.71. The van der Waals surface area contributed by atoms with Gasteiger partial charge in [-0.15, -0.1) is 0 Å². The van der Waals surface area contributed by atoms with E-state index in [0.29, 0.717) is 17.1 Å². The number of ether oxygens (including phenoxy) is 1. The maximum Gasteiger partial charge on any atom is 0.301 e. The van der Waals surface area contributed by atoms with E-state index in [4.69, 9.17) is 9.26 Å². The third kappa shape index (κ3) is 3.87. The van der Waals surface area contributed by atoms with Crippen molar-refractivity contribution in [1.29, 1.82) is 0 Å². The van der Waals surface area contributed by atoms with Gasteiger partial charge in [0.05, 0.1) is 17.7 Å². The number of halogens is 1. The van der Waals surface area contributed by atoms with Crippen molar-refractivity contribution in [2.75, 3.05) is 4.90 Å². The van der Waals surface area contributed by atoms with E-state index in [1.807, 2.05) is 13.8 Å². The summed E-state index contributed by atoms with van der Waals surface area (Å²) in [5.41, 5.74) is 0.648. The predicted octanol–water partition coefficient (Wildman–Crippen LogP) is 4.54. The number of anilines is 1. The summed E-state index contributed by atoms with van der Waals surface area (Å²) in [6.07, 6.45) is -0.0249. The third-order valence-corrected chi connectivity index (χ3v) is 4.99. The van der Waals surface area contributed by atoms with Gasteiger partial charge >= 0.3 is 5.91 Å². The molecule has 4 rings (SSSR count). The van der Waals surface area contributed by atoms with E-state index >= 15 is 0 Å². The molecule has 8 heteroatoms. The van der Waals surface area contributed by atoms with Crippen LogP contribution < -0.4 is 9.64 Å². The number of benzene rings is 2. The number of ketones is 1. The first-order valence-corrected chi connectivity index (χ1v) is 10.0. The van der Waals surface area contributed by atoms with Crippen LogP contribution >= 0.6 is 0 Å². The van der Waals surface area contributed by atoms with Gasteiger partial charge < -0.3 is 14.4 Å². The molecule has 1 aromatic heterocycles. The quantitative estimate of drug-likeness (QED) is 0.359. The lowest BCUT2D eigenvalue weighted by atomic mass is 9.95. The number of aliphatic hydroxyl groups excluding tert-OH is 1. The number of nitrogens with zero attached hydrogens (tertiary/aromatic N) is 2. The summed E-state index contributed by atoms with van der Waals surface area (Å²) in [6.45, 7) is 5.47. The van der Waals surface area contributed by atoms with Gasteiger partial charge in [-0.3, -0.25) is 14.5 Å². The second kappa shape index (κ2) is 8.30. The molecular weight excluding hydrogens is 415 g/mol. The Hall–Kier alpha value is -3.94. The van der Waals surface area contributed by atoms with Crippen LogP contribution in [0.1, 0.15) is 36.8 Å². The molecule has 1 amide bonds. The number of hydrogen-bond donors (Lipinski definition) is 1. The lowest BCUT2D eigenvalue weighted by molar-refractivity contribution is -0.132. The van der Waals surface area contributed by atoms with Crippen LogP contribution in [0.5, 0.6) is 5.75 Å². The summed E-state index contributed by atoms with van der Waals surface area (Å²) in [5.74, 6) is -1.39. The number of rotatable bonds is 5. The Kier molecular flexibility index (Phi) is 5.52. The van der Waals surface area contributed by atoms with E-state index in [9.17, 15) is 19.1 Å². The summed E-state index contributed by atoms with van der Waals surface area (Å²) in [5, 5.41) is 14.9. The molecule has 2 aromatic carbocycles. The fourth-order valence-corrected chi connectivity index (χ4v) is 3.62. The van der Waals surface area contributed by atoms with Crippen LogP contribution in [0.15, 0.2) is 64.7 Å². The highest BCUT2D eigenvalue weighted by Gasteiger charge is 2.48. The summed E-state index contributed by atoms with van der Waals surface area (Å²) in [7, 11) is 0. The van der Waals surface area contributed by atoms with Crippen molar-refractivity contribution in [3.63, 3.8) is 0 Å². The zero-order chi connectivity index (χ0) is 23.0. The smallest absolute Gasteiger partial charge is 0.301 e. The van der Waals surface area contributed by atoms with Crippen LogP contribution in [0.25, 0.3) is 5.76 Å². The zero-order valence-corrected chi connectivity index (χ0v) is 17.7. The standard InChI is InChI=1S/C24H21FN2O5/c1-13(2)31-18-10-6-15(7-11-18)21-20(22(28)16-4-8-17(25)9-5-16)23(29)24(30)27(21)19-12-14(3)32-26-19/h4-13,21,28H,1-3H3/b22-20+. The molecular formula is C24H21FN2O5. The average molecular weight is 436 g/mol. The van der Waals surface area contributed by atoms with E-state index in [0.717, 1.165) is 0 Å². The van der Waals surface area contributed by atoms with Gasteiger partial charge in [-0.2, -0.15) is 0 Å². The lowest BCUT2D eigenvalue weighted by Crippen LogP contribution is -2.29. The van der Waals surface area contributed by atoms with E-state index < -0.39 is 29.3 Å². The summed E-state index contributed by atoms with van der Waals surface area (Å²) >= 11 is 0. The lowest BCUT2D eigenvalue weighted by Gasteiger charge is -2.23. The van der Waals surface area contributed by atoms with Gasteiger partial charge in [-0.05, 0) is 62.7 Å². The van der Waals surface area contributed by atoms with E-state index in [2.05, 4.69) is 5.16 Å². The maximum absolute atomic E-state index is 13.4. The second-order valence-electron chi connectivity index (χ2n) is 7.71. The Balaban J connectivity index is 1.87. The Morgan fingerprint density at radius 3 is 2.34 bits per heavy atom. The van der Waals surface area contributed by atoms with E-state index in [-0.39, 0.29) is 23.1 Å². The minimum atomic E-state index is -0.961. The Bertz CT molecular complexity index is 1200. The molecule has 2 heterocycles. The van der Waals surface area contributed by atoms with Crippen molar-refractivity contribution in [2.45, 2.75) is 32.9 Å². The molecule has 0 spiro atoms. The Labute approximate surface area is 183 Å². The van der Waals surface area contributed by atoms with Crippen LogP contribution in [-0.2, 0) is 9.59 Å². The highest BCUT2D eigenvalue weighted by atomic mass is 19.1. The van der Waals surface area contributed by atoms with Crippen LogP contribution in [0.2, 0.25) is 0 Å².